The first kappa shape index (κ1) is 9.25. The second-order valence-electron chi connectivity index (χ2n) is 4.53. The number of benzene rings is 1. The Balaban J connectivity index is 2.28. The molecule has 2 rings (SSSR count). The average Bonchev–Trinajstić information content (AvgIpc) is 2.71. The zero-order valence-electron chi connectivity index (χ0n) is 8.40. The normalized spacial score (nSPS) is 28.4. The van der Waals surface area contributed by atoms with Gasteiger partial charge in [-0.3, -0.25) is 4.79 Å². The molecule has 0 heterocycles. The number of hydrogen-bond acceptors (Lipinski definition) is 1. The summed E-state index contributed by atoms with van der Waals surface area (Å²) in [4.78, 5) is 11.0. The minimum atomic E-state index is -0.677. The molecule has 2 unspecified atom stereocenters. The Morgan fingerprint density at radius 1 is 1.29 bits per heavy atom. The van der Waals surface area contributed by atoms with Crippen molar-refractivity contribution in [1.29, 1.82) is 0 Å². The molecule has 14 heavy (non-hydrogen) atoms. The summed E-state index contributed by atoms with van der Waals surface area (Å²) in [6, 6.07) is 9.89. The first-order valence-corrected chi connectivity index (χ1v) is 4.83. The fourth-order valence-electron chi connectivity index (χ4n) is 2.38. The van der Waals surface area contributed by atoms with Crippen LogP contribution in [0.2, 0.25) is 0 Å². The lowest BCUT2D eigenvalue weighted by atomic mass is 10.0. The van der Waals surface area contributed by atoms with Gasteiger partial charge in [-0.1, -0.05) is 44.2 Å². The summed E-state index contributed by atoms with van der Waals surface area (Å²) in [6.45, 7) is 4.03. The summed E-state index contributed by atoms with van der Waals surface area (Å²) >= 11 is 0. The van der Waals surface area contributed by atoms with Crippen LogP contribution >= 0.6 is 0 Å². The van der Waals surface area contributed by atoms with Gasteiger partial charge in [-0.2, -0.15) is 0 Å². The van der Waals surface area contributed by atoms with E-state index in [0.717, 1.165) is 5.56 Å². The van der Waals surface area contributed by atoms with Crippen LogP contribution in [0, 0.1) is 11.3 Å². The summed E-state index contributed by atoms with van der Waals surface area (Å²) in [6.07, 6.45) is 0. The highest BCUT2D eigenvalue weighted by Crippen LogP contribution is 2.64. The van der Waals surface area contributed by atoms with E-state index >= 15 is 0 Å². The molecule has 0 aliphatic heterocycles. The molecular weight excluding hydrogens is 176 g/mol. The Hall–Kier alpha value is -1.31. The lowest BCUT2D eigenvalue weighted by Crippen LogP contribution is -2.03. The number of carboxylic acid groups (broad SMARTS) is 1. The van der Waals surface area contributed by atoms with Crippen molar-refractivity contribution in [2.45, 2.75) is 19.8 Å². The van der Waals surface area contributed by atoms with E-state index < -0.39 is 5.97 Å². The molecule has 1 fully saturated rings. The average molecular weight is 190 g/mol. The second kappa shape index (κ2) is 2.84. The maximum Gasteiger partial charge on any atom is 0.307 e. The van der Waals surface area contributed by atoms with E-state index in [4.69, 9.17) is 5.11 Å². The van der Waals surface area contributed by atoms with Gasteiger partial charge >= 0.3 is 5.97 Å². The Labute approximate surface area is 83.6 Å². The molecule has 2 heteroatoms. The minimum Gasteiger partial charge on any atom is -0.481 e. The molecule has 1 N–H and O–H groups in total. The fourth-order valence-corrected chi connectivity index (χ4v) is 2.38. The van der Waals surface area contributed by atoms with Crippen LogP contribution < -0.4 is 0 Å². The van der Waals surface area contributed by atoms with Crippen molar-refractivity contribution in [3.05, 3.63) is 35.9 Å². The standard InChI is InChI=1S/C12H14O2/c1-12(2)9(10(12)11(13)14)8-6-4-3-5-7-8/h3-7,9-10H,1-2H3,(H,13,14). The molecule has 0 amide bonds. The van der Waals surface area contributed by atoms with Crippen LogP contribution in [-0.2, 0) is 4.79 Å². The zero-order valence-corrected chi connectivity index (χ0v) is 8.40. The van der Waals surface area contributed by atoms with Crippen LogP contribution in [-0.4, -0.2) is 11.1 Å². The monoisotopic (exact) mass is 190 g/mol. The van der Waals surface area contributed by atoms with Crippen LogP contribution in [0.4, 0.5) is 0 Å². The molecule has 0 aromatic heterocycles. The third-order valence-corrected chi connectivity index (χ3v) is 3.25. The highest BCUT2D eigenvalue weighted by molar-refractivity contribution is 5.77. The van der Waals surface area contributed by atoms with Crippen molar-refractivity contribution in [1.82, 2.24) is 0 Å². The summed E-state index contributed by atoms with van der Waals surface area (Å²) in [7, 11) is 0. The number of carboxylic acids is 1. The smallest absolute Gasteiger partial charge is 0.307 e. The van der Waals surface area contributed by atoms with E-state index in [1.165, 1.54) is 0 Å². The molecule has 0 bridgehead atoms. The summed E-state index contributed by atoms with van der Waals surface area (Å²) in [5.41, 5.74) is 1.05. The maximum absolute atomic E-state index is 11.0. The van der Waals surface area contributed by atoms with Crippen molar-refractivity contribution < 1.29 is 9.90 Å². The van der Waals surface area contributed by atoms with E-state index in [9.17, 15) is 4.79 Å². The maximum atomic E-state index is 11.0. The van der Waals surface area contributed by atoms with Gasteiger partial charge < -0.3 is 5.11 Å². The van der Waals surface area contributed by atoms with E-state index in [1.54, 1.807) is 0 Å². The van der Waals surface area contributed by atoms with Gasteiger partial charge in [-0.25, -0.2) is 0 Å². The van der Waals surface area contributed by atoms with E-state index in [-0.39, 0.29) is 17.3 Å². The Morgan fingerprint density at radius 2 is 1.86 bits per heavy atom. The number of carbonyl (C=O) groups is 1. The van der Waals surface area contributed by atoms with E-state index in [2.05, 4.69) is 0 Å². The lowest BCUT2D eigenvalue weighted by Gasteiger charge is -2.01. The van der Waals surface area contributed by atoms with Gasteiger partial charge in [0.15, 0.2) is 0 Å². The molecule has 2 atom stereocenters. The summed E-state index contributed by atoms with van der Waals surface area (Å²) in [5, 5.41) is 9.02. The lowest BCUT2D eigenvalue weighted by molar-refractivity contribution is -0.139. The van der Waals surface area contributed by atoms with Gasteiger partial charge in [-0.05, 0) is 11.0 Å². The van der Waals surface area contributed by atoms with Crippen LogP contribution in [0.3, 0.4) is 0 Å². The van der Waals surface area contributed by atoms with Crippen LogP contribution in [0.25, 0.3) is 0 Å². The third-order valence-electron chi connectivity index (χ3n) is 3.25. The van der Waals surface area contributed by atoms with Crippen molar-refractivity contribution in [3.8, 4) is 0 Å². The predicted molar refractivity (Wildman–Crippen MR) is 54.1 cm³/mol. The third kappa shape index (κ3) is 1.22. The molecule has 1 aromatic carbocycles. The fraction of sp³-hybridized carbons (Fsp3) is 0.417. The molecule has 74 valence electrons. The highest BCUT2D eigenvalue weighted by Gasteiger charge is 2.62. The van der Waals surface area contributed by atoms with Crippen molar-refractivity contribution in [2.75, 3.05) is 0 Å². The SMILES string of the molecule is CC1(C)C(C(=O)O)C1c1ccccc1. The van der Waals surface area contributed by atoms with Crippen LogP contribution in [0.1, 0.15) is 25.3 Å². The number of aliphatic carboxylic acids is 1. The minimum absolute atomic E-state index is 0.0901. The number of rotatable bonds is 2. The first-order chi connectivity index (χ1) is 6.55. The quantitative estimate of drug-likeness (QED) is 0.778. The van der Waals surface area contributed by atoms with Crippen LogP contribution in [0.15, 0.2) is 30.3 Å². The molecule has 0 spiro atoms. The van der Waals surface area contributed by atoms with Crippen LogP contribution in [0.5, 0.6) is 0 Å². The van der Waals surface area contributed by atoms with Gasteiger partial charge in [0.2, 0.25) is 0 Å². The second-order valence-corrected chi connectivity index (χ2v) is 4.53. The molecule has 1 aliphatic rings. The van der Waals surface area contributed by atoms with Gasteiger partial charge in [-0.15, -0.1) is 0 Å². The zero-order chi connectivity index (χ0) is 10.3. The van der Waals surface area contributed by atoms with Crippen molar-refractivity contribution in [2.24, 2.45) is 11.3 Å². The number of hydrogen-bond donors (Lipinski definition) is 1. The van der Waals surface area contributed by atoms with Gasteiger partial charge in [0.25, 0.3) is 0 Å². The predicted octanol–water partition coefficient (Wildman–Crippen LogP) is 2.51. The summed E-state index contributed by atoms with van der Waals surface area (Å²) < 4.78 is 0. The molecular formula is C12H14O2. The summed E-state index contributed by atoms with van der Waals surface area (Å²) in [5.74, 6) is -0.713. The molecule has 2 nitrogen and oxygen atoms in total. The highest BCUT2D eigenvalue weighted by atomic mass is 16.4. The molecule has 0 saturated heterocycles. The topological polar surface area (TPSA) is 37.3 Å². The van der Waals surface area contributed by atoms with Crippen molar-refractivity contribution in [3.63, 3.8) is 0 Å². The largest absolute Gasteiger partial charge is 0.481 e. The molecule has 0 radical (unpaired) electrons. The van der Waals surface area contributed by atoms with E-state index in [1.807, 2.05) is 44.2 Å². The Morgan fingerprint density at radius 3 is 2.29 bits per heavy atom. The Kier molecular flexibility index (Phi) is 1.88. The van der Waals surface area contributed by atoms with Gasteiger partial charge in [0, 0.05) is 5.92 Å². The van der Waals surface area contributed by atoms with E-state index in [0.29, 0.717) is 0 Å². The van der Waals surface area contributed by atoms with Gasteiger partial charge in [0.1, 0.15) is 0 Å². The first-order valence-electron chi connectivity index (χ1n) is 4.83. The molecule has 1 aromatic rings. The Bertz CT molecular complexity index is 354. The van der Waals surface area contributed by atoms with Crippen molar-refractivity contribution >= 4 is 5.97 Å². The molecule has 1 aliphatic carbocycles. The molecule has 1 saturated carbocycles. The van der Waals surface area contributed by atoms with Gasteiger partial charge in [0.05, 0.1) is 5.92 Å².